The third-order valence-corrected chi connectivity index (χ3v) is 2.89. The first kappa shape index (κ1) is 13.8. The van der Waals surface area contributed by atoms with E-state index in [4.69, 9.17) is 4.74 Å². The molecule has 2 atom stereocenters. The van der Waals surface area contributed by atoms with Gasteiger partial charge in [-0.3, -0.25) is 4.79 Å². The summed E-state index contributed by atoms with van der Waals surface area (Å²) in [4.78, 5) is 11.4. The maximum Gasteiger partial charge on any atom is 0.309 e. The van der Waals surface area contributed by atoms with E-state index in [1.807, 2.05) is 20.8 Å². The number of carbonyl (C=O) groups is 1. The molecule has 0 radical (unpaired) electrons. The van der Waals surface area contributed by atoms with Crippen LogP contribution >= 0.6 is 0 Å². The number of aryl methyl sites for hydroxylation is 1. The molecule has 1 aromatic carbocycles. The Hall–Kier alpha value is -1.31. The summed E-state index contributed by atoms with van der Waals surface area (Å²) >= 11 is 0. The Labute approximate surface area is 104 Å². The lowest BCUT2D eigenvalue weighted by Crippen LogP contribution is -2.07. The summed E-state index contributed by atoms with van der Waals surface area (Å²) in [6.07, 6.45) is 0.946. The highest BCUT2D eigenvalue weighted by atomic mass is 16.5. The van der Waals surface area contributed by atoms with E-state index in [2.05, 4.69) is 31.2 Å². The van der Waals surface area contributed by atoms with Crippen LogP contribution in [-0.2, 0) is 9.53 Å². The minimum Gasteiger partial charge on any atom is -0.466 e. The van der Waals surface area contributed by atoms with Gasteiger partial charge in [0.1, 0.15) is 0 Å². The fraction of sp³-hybridized carbons (Fsp3) is 0.533. The van der Waals surface area contributed by atoms with E-state index in [1.165, 1.54) is 11.1 Å². The lowest BCUT2D eigenvalue weighted by molar-refractivity contribution is -0.144. The molecule has 2 unspecified atom stereocenters. The molecular formula is C15H22O2. The summed E-state index contributed by atoms with van der Waals surface area (Å²) in [6, 6.07) is 8.41. The van der Waals surface area contributed by atoms with Gasteiger partial charge in [-0.2, -0.15) is 0 Å². The standard InChI is InChI=1S/C13H16O2.C2H6/c1-3-15-13(14)12-8-11(12)10-6-4-9(2)5-7-10;1-2/h4-7,11-12H,3,8H2,1-2H3;1-2H3. The van der Waals surface area contributed by atoms with Gasteiger partial charge in [-0.25, -0.2) is 0 Å². The molecule has 1 saturated carbocycles. The second-order valence-electron chi connectivity index (χ2n) is 4.11. The third kappa shape index (κ3) is 3.58. The van der Waals surface area contributed by atoms with E-state index in [-0.39, 0.29) is 11.9 Å². The van der Waals surface area contributed by atoms with Crippen LogP contribution in [0.3, 0.4) is 0 Å². The van der Waals surface area contributed by atoms with Crippen molar-refractivity contribution >= 4 is 5.97 Å². The molecular weight excluding hydrogens is 212 g/mol. The molecule has 94 valence electrons. The fourth-order valence-corrected chi connectivity index (χ4v) is 1.89. The molecule has 0 heterocycles. The SMILES string of the molecule is CC.CCOC(=O)C1CC1c1ccc(C)cc1. The Bertz CT molecular complexity index is 354. The molecule has 1 aromatic rings. The zero-order valence-corrected chi connectivity index (χ0v) is 11.2. The highest BCUT2D eigenvalue weighted by molar-refractivity contribution is 5.77. The van der Waals surface area contributed by atoms with Crippen LogP contribution in [0.4, 0.5) is 0 Å². The van der Waals surface area contributed by atoms with Crippen LogP contribution in [0.5, 0.6) is 0 Å². The zero-order chi connectivity index (χ0) is 12.8. The van der Waals surface area contributed by atoms with Crippen molar-refractivity contribution in [2.75, 3.05) is 6.61 Å². The number of hydrogen-bond acceptors (Lipinski definition) is 2. The molecule has 2 heteroatoms. The van der Waals surface area contributed by atoms with Gasteiger partial charge in [-0.15, -0.1) is 0 Å². The monoisotopic (exact) mass is 234 g/mol. The topological polar surface area (TPSA) is 26.3 Å². The minimum absolute atomic E-state index is 0.0388. The summed E-state index contributed by atoms with van der Waals surface area (Å²) < 4.78 is 5.00. The Morgan fingerprint density at radius 2 is 1.88 bits per heavy atom. The molecule has 0 spiro atoms. The van der Waals surface area contributed by atoms with Gasteiger partial charge >= 0.3 is 5.97 Å². The summed E-state index contributed by atoms with van der Waals surface area (Å²) in [7, 11) is 0. The summed E-state index contributed by atoms with van der Waals surface area (Å²) in [5, 5.41) is 0. The summed E-state index contributed by atoms with van der Waals surface area (Å²) in [6.45, 7) is 8.40. The average Bonchev–Trinajstić information content (AvgIpc) is 3.13. The van der Waals surface area contributed by atoms with E-state index in [0.717, 1.165) is 6.42 Å². The fourth-order valence-electron chi connectivity index (χ4n) is 1.89. The normalized spacial score (nSPS) is 21.2. The Kier molecular flexibility index (Phi) is 5.20. The number of carbonyl (C=O) groups excluding carboxylic acids is 1. The van der Waals surface area contributed by atoms with Crippen molar-refractivity contribution in [3.63, 3.8) is 0 Å². The molecule has 1 aliphatic rings. The highest BCUT2D eigenvalue weighted by Crippen LogP contribution is 2.48. The van der Waals surface area contributed by atoms with Gasteiger partial charge in [0.25, 0.3) is 0 Å². The van der Waals surface area contributed by atoms with Gasteiger partial charge in [-0.1, -0.05) is 43.7 Å². The molecule has 2 rings (SSSR count). The van der Waals surface area contributed by atoms with Gasteiger partial charge in [0.05, 0.1) is 12.5 Å². The molecule has 0 N–H and O–H groups in total. The maximum absolute atomic E-state index is 11.4. The van der Waals surface area contributed by atoms with Gasteiger partial charge < -0.3 is 4.74 Å². The van der Waals surface area contributed by atoms with Crippen molar-refractivity contribution in [3.05, 3.63) is 35.4 Å². The Morgan fingerprint density at radius 1 is 1.29 bits per heavy atom. The summed E-state index contributed by atoms with van der Waals surface area (Å²) in [5.41, 5.74) is 2.52. The van der Waals surface area contributed by atoms with Crippen LogP contribution in [0.2, 0.25) is 0 Å². The van der Waals surface area contributed by atoms with Crippen molar-refractivity contribution in [1.82, 2.24) is 0 Å². The van der Waals surface area contributed by atoms with Gasteiger partial charge in [-0.05, 0) is 31.7 Å². The van der Waals surface area contributed by atoms with Crippen LogP contribution in [0.1, 0.15) is 44.2 Å². The van der Waals surface area contributed by atoms with Crippen molar-refractivity contribution in [2.45, 2.75) is 40.0 Å². The number of benzene rings is 1. The lowest BCUT2D eigenvalue weighted by atomic mass is 10.1. The van der Waals surface area contributed by atoms with Crippen molar-refractivity contribution in [3.8, 4) is 0 Å². The zero-order valence-electron chi connectivity index (χ0n) is 11.2. The molecule has 0 bridgehead atoms. The molecule has 1 aliphatic carbocycles. The van der Waals surface area contributed by atoms with Gasteiger partial charge in [0, 0.05) is 0 Å². The predicted molar refractivity (Wildman–Crippen MR) is 70.0 cm³/mol. The van der Waals surface area contributed by atoms with Crippen molar-refractivity contribution < 1.29 is 9.53 Å². The number of esters is 1. The van der Waals surface area contributed by atoms with Gasteiger partial charge in [0.2, 0.25) is 0 Å². The van der Waals surface area contributed by atoms with Crippen LogP contribution < -0.4 is 0 Å². The second-order valence-corrected chi connectivity index (χ2v) is 4.11. The smallest absolute Gasteiger partial charge is 0.309 e. The van der Waals surface area contributed by atoms with Crippen molar-refractivity contribution in [1.29, 1.82) is 0 Å². The second kappa shape index (κ2) is 6.43. The highest BCUT2D eigenvalue weighted by Gasteiger charge is 2.44. The van der Waals surface area contributed by atoms with Crippen LogP contribution in [0, 0.1) is 12.8 Å². The van der Waals surface area contributed by atoms with Crippen molar-refractivity contribution in [2.24, 2.45) is 5.92 Å². The lowest BCUT2D eigenvalue weighted by Gasteiger charge is -2.01. The molecule has 0 aromatic heterocycles. The van der Waals surface area contributed by atoms with Crippen LogP contribution in [-0.4, -0.2) is 12.6 Å². The largest absolute Gasteiger partial charge is 0.466 e. The van der Waals surface area contributed by atoms with E-state index < -0.39 is 0 Å². The van der Waals surface area contributed by atoms with E-state index in [0.29, 0.717) is 12.5 Å². The number of rotatable bonds is 3. The summed E-state index contributed by atoms with van der Waals surface area (Å²) in [5.74, 6) is 0.459. The average molecular weight is 234 g/mol. The predicted octanol–water partition coefficient (Wildman–Crippen LogP) is 3.69. The quantitative estimate of drug-likeness (QED) is 0.746. The first-order valence-electron chi connectivity index (χ1n) is 6.45. The van der Waals surface area contributed by atoms with E-state index >= 15 is 0 Å². The molecule has 0 saturated heterocycles. The van der Waals surface area contributed by atoms with E-state index in [9.17, 15) is 4.79 Å². The first-order chi connectivity index (χ1) is 8.22. The van der Waals surface area contributed by atoms with Gasteiger partial charge in [0.15, 0.2) is 0 Å². The van der Waals surface area contributed by atoms with E-state index in [1.54, 1.807) is 0 Å². The Morgan fingerprint density at radius 3 is 2.41 bits per heavy atom. The number of ether oxygens (including phenoxy) is 1. The molecule has 0 amide bonds. The molecule has 0 aliphatic heterocycles. The Balaban J connectivity index is 0.000000686. The van der Waals surface area contributed by atoms with Crippen LogP contribution in [0.25, 0.3) is 0 Å². The molecule has 2 nitrogen and oxygen atoms in total. The molecule has 1 fully saturated rings. The maximum atomic E-state index is 11.4. The third-order valence-electron chi connectivity index (χ3n) is 2.89. The number of hydrogen-bond donors (Lipinski definition) is 0. The van der Waals surface area contributed by atoms with Crippen LogP contribution in [0.15, 0.2) is 24.3 Å². The minimum atomic E-state index is -0.0388. The first-order valence-corrected chi connectivity index (χ1v) is 6.45. The molecule has 17 heavy (non-hydrogen) atoms.